The number of carbonyl (C=O) groups is 2. The Kier molecular flexibility index (Phi) is 6.19. The molecule has 0 unspecified atom stereocenters. The van der Waals surface area contributed by atoms with Crippen molar-refractivity contribution >= 4 is 40.4 Å². The molecule has 2 fully saturated rings. The van der Waals surface area contributed by atoms with Crippen LogP contribution in [0.15, 0.2) is 58.2 Å². The molecular formula is C26H30N8O2. The summed E-state index contributed by atoms with van der Waals surface area (Å²) >= 11 is 0. The fraction of sp³-hybridized carbons (Fsp3) is 0.308. The van der Waals surface area contributed by atoms with Gasteiger partial charge in [0.1, 0.15) is 5.84 Å². The topological polar surface area (TPSA) is 127 Å². The molecule has 2 saturated heterocycles. The third kappa shape index (κ3) is 4.55. The smallest absolute Gasteiger partial charge is 0.257 e. The van der Waals surface area contributed by atoms with Crippen LogP contribution >= 0.6 is 0 Å². The average molecular weight is 487 g/mol. The first-order valence-electron chi connectivity index (χ1n) is 12.0. The van der Waals surface area contributed by atoms with E-state index in [1.807, 2.05) is 45.0 Å². The molecule has 2 aromatic rings. The van der Waals surface area contributed by atoms with Crippen LogP contribution in [-0.4, -0.2) is 58.8 Å². The Morgan fingerprint density at radius 2 is 1.81 bits per heavy atom. The molecule has 2 amide bonds. The van der Waals surface area contributed by atoms with Crippen LogP contribution < -0.4 is 22.1 Å². The van der Waals surface area contributed by atoms with E-state index in [1.165, 1.54) is 6.20 Å². The van der Waals surface area contributed by atoms with Gasteiger partial charge >= 0.3 is 0 Å². The van der Waals surface area contributed by atoms with Crippen LogP contribution in [0.25, 0.3) is 0 Å². The van der Waals surface area contributed by atoms with E-state index in [9.17, 15) is 9.59 Å². The number of amides is 2. The molecule has 3 aliphatic rings. The van der Waals surface area contributed by atoms with Crippen LogP contribution in [0.5, 0.6) is 0 Å². The molecule has 0 saturated carbocycles. The van der Waals surface area contributed by atoms with Crippen molar-refractivity contribution in [2.45, 2.75) is 33.2 Å². The first-order chi connectivity index (χ1) is 17.3. The molecule has 3 heterocycles. The molecule has 0 bridgehead atoms. The highest BCUT2D eigenvalue weighted by molar-refractivity contribution is 6.25. The van der Waals surface area contributed by atoms with Crippen molar-refractivity contribution in [3.8, 4) is 0 Å². The van der Waals surface area contributed by atoms with Gasteiger partial charge in [0.25, 0.3) is 11.8 Å². The molecule has 5 N–H and O–H groups in total. The summed E-state index contributed by atoms with van der Waals surface area (Å²) in [4.78, 5) is 38.9. The number of anilines is 2. The minimum atomic E-state index is -0.155. The number of likely N-dealkylation sites (tertiary alicyclic amines) is 2. The summed E-state index contributed by atoms with van der Waals surface area (Å²) in [7, 11) is 0. The average Bonchev–Trinajstić information content (AvgIpc) is 3.26. The van der Waals surface area contributed by atoms with E-state index in [0.29, 0.717) is 48.7 Å². The Labute approximate surface area is 209 Å². The van der Waals surface area contributed by atoms with E-state index in [2.05, 4.69) is 32.4 Å². The van der Waals surface area contributed by atoms with E-state index in [0.717, 1.165) is 28.2 Å². The molecule has 36 heavy (non-hydrogen) atoms. The molecule has 186 valence electrons. The molecular weight excluding hydrogens is 456 g/mol. The fourth-order valence-electron chi connectivity index (χ4n) is 4.85. The zero-order valence-electron chi connectivity index (χ0n) is 20.6. The van der Waals surface area contributed by atoms with Crippen LogP contribution in [0.4, 0.5) is 17.1 Å². The van der Waals surface area contributed by atoms with Crippen LogP contribution in [0.1, 0.15) is 34.8 Å². The Hall–Kier alpha value is -4.18. The minimum absolute atomic E-state index is 0.0427. The van der Waals surface area contributed by atoms with Gasteiger partial charge in [-0.1, -0.05) is 6.07 Å². The highest BCUT2D eigenvalue weighted by atomic mass is 16.2. The minimum Gasteiger partial charge on any atom is -0.404 e. The van der Waals surface area contributed by atoms with Crippen molar-refractivity contribution in [1.29, 1.82) is 0 Å². The number of nitrogens with zero attached hydrogens (tertiary/aromatic N) is 4. The molecule has 5 rings (SSSR count). The van der Waals surface area contributed by atoms with Gasteiger partial charge in [0.05, 0.1) is 34.4 Å². The van der Waals surface area contributed by atoms with Crippen molar-refractivity contribution < 1.29 is 9.59 Å². The number of aliphatic imine (C=N–C) groups is 2. The highest BCUT2D eigenvalue weighted by Crippen LogP contribution is 2.28. The standard InChI is InChI=1S/C26H30N8O2/c1-15-8-16(2)10-19(9-15)28-17(3)29-22-6-7-34(26(36)21(22)12-27)20-13-33(14-20)25(35)18-4-5-23-24(11-18)31-32-30-23/h4-5,8-12,20,30-32H,6-7,13-14,27H2,1-3H3/b21-12+,28-17?,29-22?. The number of hydrogen-bond acceptors (Lipinski definition) is 7. The highest BCUT2D eigenvalue weighted by Gasteiger charge is 2.40. The van der Waals surface area contributed by atoms with Crippen molar-refractivity contribution in [1.82, 2.24) is 15.3 Å². The maximum atomic E-state index is 13.2. The number of piperidine rings is 1. The van der Waals surface area contributed by atoms with Gasteiger partial charge < -0.3 is 26.4 Å². The lowest BCUT2D eigenvalue weighted by atomic mass is 9.96. The monoisotopic (exact) mass is 486 g/mol. The van der Waals surface area contributed by atoms with E-state index in [1.54, 1.807) is 15.9 Å². The summed E-state index contributed by atoms with van der Waals surface area (Å²) in [5, 5.41) is 0. The predicted octanol–water partition coefficient (Wildman–Crippen LogP) is 2.65. The third-order valence-corrected chi connectivity index (χ3v) is 6.60. The second kappa shape index (κ2) is 9.46. The number of nitrogens with one attached hydrogen (secondary N) is 3. The first-order valence-corrected chi connectivity index (χ1v) is 12.0. The van der Waals surface area contributed by atoms with Crippen LogP contribution in [0, 0.1) is 13.8 Å². The third-order valence-electron chi connectivity index (χ3n) is 6.60. The van der Waals surface area contributed by atoms with Crippen LogP contribution in [0.3, 0.4) is 0 Å². The number of amidine groups is 1. The van der Waals surface area contributed by atoms with Gasteiger partial charge in [-0.25, -0.2) is 9.98 Å². The number of nitrogens with two attached hydrogens (primary N) is 1. The first kappa shape index (κ1) is 23.6. The number of rotatable bonds is 3. The van der Waals surface area contributed by atoms with Crippen LogP contribution in [-0.2, 0) is 4.79 Å². The molecule has 3 aliphatic heterocycles. The SMILES string of the molecule is CC(=Nc1cc(C)cc(C)c1)N=C1CCN(C2CN(C(=O)c3ccc4c(c3)NNN4)C2)C(=O)/C1=C/N. The van der Waals surface area contributed by atoms with E-state index in [4.69, 9.17) is 5.73 Å². The summed E-state index contributed by atoms with van der Waals surface area (Å²) in [5.74, 6) is 0.366. The van der Waals surface area contributed by atoms with Crippen molar-refractivity contribution in [3.05, 3.63) is 64.9 Å². The van der Waals surface area contributed by atoms with Gasteiger partial charge in [0.2, 0.25) is 0 Å². The van der Waals surface area contributed by atoms with Crippen molar-refractivity contribution in [2.75, 3.05) is 30.5 Å². The van der Waals surface area contributed by atoms with Gasteiger partial charge in [0.15, 0.2) is 0 Å². The number of hydrazine groups is 2. The summed E-state index contributed by atoms with van der Waals surface area (Å²) in [6.07, 6.45) is 1.91. The number of benzene rings is 2. The zero-order chi connectivity index (χ0) is 25.4. The molecule has 10 heteroatoms. The second-order valence-electron chi connectivity index (χ2n) is 9.39. The molecule has 0 aromatic heterocycles. The number of fused-ring (bicyclic) bond motifs is 1. The summed E-state index contributed by atoms with van der Waals surface area (Å²) in [6.45, 7) is 7.39. The summed E-state index contributed by atoms with van der Waals surface area (Å²) in [5.41, 5.74) is 21.0. The Morgan fingerprint density at radius 3 is 2.53 bits per heavy atom. The van der Waals surface area contributed by atoms with E-state index < -0.39 is 0 Å². The lowest BCUT2D eigenvalue weighted by Gasteiger charge is -2.47. The van der Waals surface area contributed by atoms with Crippen LogP contribution in [0.2, 0.25) is 0 Å². The Balaban J connectivity index is 1.23. The molecule has 0 spiro atoms. The Bertz CT molecular complexity index is 1300. The van der Waals surface area contributed by atoms with E-state index >= 15 is 0 Å². The number of carbonyl (C=O) groups excluding carboxylic acids is 2. The zero-order valence-corrected chi connectivity index (χ0v) is 20.6. The fourth-order valence-corrected chi connectivity index (χ4v) is 4.85. The summed E-state index contributed by atoms with van der Waals surface area (Å²) < 4.78 is 0. The van der Waals surface area contributed by atoms with Gasteiger partial charge in [-0.3, -0.25) is 9.59 Å². The summed E-state index contributed by atoms with van der Waals surface area (Å²) in [6, 6.07) is 11.5. The molecule has 10 nitrogen and oxygen atoms in total. The Morgan fingerprint density at radius 1 is 1.08 bits per heavy atom. The normalized spacial score (nSPS) is 20.3. The molecule has 0 aliphatic carbocycles. The van der Waals surface area contributed by atoms with Gasteiger partial charge in [0, 0.05) is 37.8 Å². The number of aryl methyl sites for hydroxylation is 2. The number of hydrogen-bond donors (Lipinski definition) is 4. The predicted molar refractivity (Wildman–Crippen MR) is 141 cm³/mol. The van der Waals surface area contributed by atoms with Gasteiger partial charge in [-0.05, 0) is 62.2 Å². The molecule has 2 aromatic carbocycles. The van der Waals surface area contributed by atoms with Crippen molar-refractivity contribution in [3.63, 3.8) is 0 Å². The van der Waals surface area contributed by atoms with E-state index in [-0.39, 0.29) is 17.9 Å². The van der Waals surface area contributed by atoms with Crippen molar-refractivity contribution in [2.24, 2.45) is 15.7 Å². The quantitative estimate of drug-likeness (QED) is 0.300. The lowest BCUT2D eigenvalue weighted by molar-refractivity contribution is -0.132. The van der Waals surface area contributed by atoms with Gasteiger partial charge in [-0.2, -0.15) is 0 Å². The second-order valence-corrected chi connectivity index (χ2v) is 9.39. The maximum absolute atomic E-state index is 13.2. The van der Waals surface area contributed by atoms with Gasteiger partial charge in [-0.15, -0.1) is 5.53 Å². The molecule has 0 radical (unpaired) electrons. The molecule has 0 atom stereocenters. The largest absolute Gasteiger partial charge is 0.404 e. The lowest BCUT2D eigenvalue weighted by Crippen LogP contribution is -2.64. The maximum Gasteiger partial charge on any atom is 0.257 e.